The highest BCUT2D eigenvalue weighted by Gasteiger charge is 2.26. The number of amides is 1. The van der Waals surface area contributed by atoms with Crippen molar-refractivity contribution in [3.05, 3.63) is 52.8 Å². The summed E-state index contributed by atoms with van der Waals surface area (Å²) < 4.78 is 1.91. The first kappa shape index (κ1) is 19.2. The molecule has 28 heavy (non-hydrogen) atoms. The van der Waals surface area contributed by atoms with Crippen LogP contribution in [-0.4, -0.2) is 40.2 Å². The van der Waals surface area contributed by atoms with Crippen molar-refractivity contribution in [1.29, 1.82) is 0 Å². The summed E-state index contributed by atoms with van der Waals surface area (Å²) in [6.07, 6.45) is 9.45. The first-order valence-corrected chi connectivity index (χ1v) is 10.9. The molecule has 1 aliphatic heterocycles. The van der Waals surface area contributed by atoms with Crippen LogP contribution in [0.15, 0.2) is 30.3 Å². The second-order valence-electron chi connectivity index (χ2n) is 8.19. The van der Waals surface area contributed by atoms with Crippen molar-refractivity contribution >= 4 is 5.91 Å². The minimum atomic E-state index is -0.0190. The zero-order valence-electron chi connectivity index (χ0n) is 17.0. The average molecular weight is 381 g/mol. The molecule has 1 fully saturated rings. The Morgan fingerprint density at radius 1 is 1.04 bits per heavy atom. The van der Waals surface area contributed by atoms with Crippen molar-refractivity contribution in [2.24, 2.45) is 7.05 Å². The van der Waals surface area contributed by atoms with Gasteiger partial charge in [-0.15, -0.1) is 0 Å². The van der Waals surface area contributed by atoms with E-state index in [-0.39, 0.29) is 11.9 Å². The molecule has 1 atom stereocenters. The van der Waals surface area contributed by atoms with Gasteiger partial charge in [-0.3, -0.25) is 14.4 Å². The lowest BCUT2D eigenvalue weighted by Gasteiger charge is -2.31. The van der Waals surface area contributed by atoms with E-state index in [9.17, 15) is 4.79 Å². The summed E-state index contributed by atoms with van der Waals surface area (Å²) in [5.41, 5.74) is 4.33. The summed E-state index contributed by atoms with van der Waals surface area (Å²) in [4.78, 5) is 15.6. The molecule has 1 saturated heterocycles. The van der Waals surface area contributed by atoms with Crippen LogP contribution in [0, 0.1) is 0 Å². The van der Waals surface area contributed by atoms with E-state index < -0.39 is 0 Å². The molecular formula is C23H32N4O. The van der Waals surface area contributed by atoms with Crippen molar-refractivity contribution in [2.45, 2.75) is 57.4 Å². The molecule has 5 nitrogen and oxygen atoms in total. The topological polar surface area (TPSA) is 50.2 Å². The first-order chi connectivity index (χ1) is 13.7. The molecule has 2 heterocycles. The van der Waals surface area contributed by atoms with Gasteiger partial charge < -0.3 is 5.32 Å². The molecule has 0 unspecified atom stereocenters. The van der Waals surface area contributed by atoms with E-state index in [4.69, 9.17) is 0 Å². The standard InChI is InChI=1S/C23H32N4O/c1-26-20-14-8-7-13-19(20)22(25-26)23(28)24-17-21(18-11-5-4-6-12-18)27-15-9-2-3-10-16-27/h4-6,11-12,21H,2-3,7-10,13-17H2,1H3,(H,24,28)/t21-/m0/s1. The van der Waals surface area contributed by atoms with Gasteiger partial charge in [0.2, 0.25) is 0 Å². The van der Waals surface area contributed by atoms with Crippen LogP contribution >= 0.6 is 0 Å². The van der Waals surface area contributed by atoms with E-state index >= 15 is 0 Å². The second kappa shape index (κ2) is 8.91. The Kier molecular flexibility index (Phi) is 6.10. The van der Waals surface area contributed by atoms with Crippen molar-refractivity contribution in [1.82, 2.24) is 20.0 Å². The van der Waals surface area contributed by atoms with Gasteiger partial charge in [0.05, 0.1) is 6.04 Å². The molecule has 0 radical (unpaired) electrons. The fourth-order valence-corrected chi connectivity index (χ4v) is 4.77. The number of nitrogens with zero attached hydrogens (tertiary/aromatic N) is 3. The second-order valence-corrected chi connectivity index (χ2v) is 8.19. The van der Waals surface area contributed by atoms with E-state index in [2.05, 4.69) is 45.6 Å². The molecule has 0 saturated carbocycles. The van der Waals surface area contributed by atoms with Crippen LogP contribution in [-0.2, 0) is 19.9 Å². The Hall–Kier alpha value is -2.14. The van der Waals surface area contributed by atoms with Gasteiger partial charge in [-0.25, -0.2) is 0 Å². The summed E-state index contributed by atoms with van der Waals surface area (Å²) in [6.45, 7) is 2.84. The van der Waals surface area contributed by atoms with Crippen LogP contribution in [0.1, 0.15) is 71.9 Å². The van der Waals surface area contributed by atoms with Gasteiger partial charge in [0.1, 0.15) is 0 Å². The molecule has 1 aromatic carbocycles. The third-order valence-corrected chi connectivity index (χ3v) is 6.30. The van der Waals surface area contributed by atoms with Gasteiger partial charge in [-0.1, -0.05) is 43.2 Å². The van der Waals surface area contributed by atoms with Gasteiger partial charge in [0.25, 0.3) is 5.91 Å². The van der Waals surface area contributed by atoms with Crippen LogP contribution in [0.25, 0.3) is 0 Å². The SMILES string of the molecule is Cn1nc(C(=O)NC[C@@H](c2ccccc2)N2CCCCCC2)c2c1CCCC2. The quantitative estimate of drug-likeness (QED) is 0.861. The van der Waals surface area contributed by atoms with Crippen molar-refractivity contribution < 1.29 is 4.79 Å². The molecule has 5 heteroatoms. The number of nitrogens with one attached hydrogen (secondary N) is 1. The molecule has 2 aromatic rings. The number of benzene rings is 1. The van der Waals surface area contributed by atoms with Gasteiger partial charge in [0, 0.05) is 24.8 Å². The largest absolute Gasteiger partial charge is 0.349 e. The van der Waals surface area contributed by atoms with Crippen LogP contribution < -0.4 is 5.32 Å². The number of fused-ring (bicyclic) bond motifs is 1. The zero-order valence-corrected chi connectivity index (χ0v) is 17.0. The molecule has 4 rings (SSSR count). The smallest absolute Gasteiger partial charge is 0.272 e. The third kappa shape index (κ3) is 4.14. The Balaban J connectivity index is 1.50. The van der Waals surface area contributed by atoms with E-state index in [0.29, 0.717) is 12.2 Å². The first-order valence-electron chi connectivity index (χ1n) is 10.9. The summed E-state index contributed by atoms with van der Waals surface area (Å²) in [5, 5.41) is 7.78. The Bertz CT molecular complexity index is 790. The Morgan fingerprint density at radius 2 is 1.75 bits per heavy atom. The fraction of sp³-hybridized carbons (Fsp3) is 0.565. The highest BCUT2D eigenvalue weighted by atomic mass is 16.2. The predicted octanol–water partition coefficient (Wildman–Crippen LogP) is 3.65. The molecule has 0 bridgehead atoms. The number of likely N-dealkylation sites (tertiary alicyclic amines) is 1. The predicted molar refractivity (Wildman–Crippen MR) is 111 cm³/mol. The lowest BCUT2D eigenvalue weighted by molar-refractivity contribution is 0.0926. The maximum atomic E-state index is 13.0. The van der Waals surface area contributed by atoms with Crippen LogP contribution in [0.3, 0.4) is 0 Å². The van der Waals surface area contributed by atoms with Crippen LogP contribution in [0.2, 0.25) is 0 Å². The molecule has 1 N–H and O–H groups in total. The monoisotopic (exact) mass is 380 g/mol. The lowest BCUT2D eigenvalue weighted by Crippen LogP contribution is -2.39. The summed E-state index contributed by atoms with van der Waals surface area (Å²) in [5.74, 6) is -0.0190. The van der Waals surface area contributed by atoms with Crippen molar-refractivity contribution in [3.8, 4) is 0 Å². The number of rotatable bonds is 5. The molecule has 150 valence electrons. The Morgan fingerprint density at radius 3 is 2.50 bits per heavy atom. The third-order valence-electron chi connectivity index (χ3n) is 6.30. The zero-order chi connectivity index (χ0) is 19.3. The minimum absolute atomic E-state index is 0.0190. The van der Waals surface area contributed by atoms with Gasteiger partial charge >= 0.3 is 0 Å². The van der Waals surface area contributed by atoms with Crippen molar-refractivity contribution in [2.75, 3.05) is 19.6 Å². The number of carbonyl (C=O) groups is 1. The molecular weight excluding hydrogens is 348 g/mol. The number of hydrogen-bond acceptors (Lipinski definition) is 3. The number of hydrogen-bond donors (Lipinski definition) is 1. The normalized spacial score (nSPS) is 18.9. The van der Waals surface area contributed by atoms with Gasteiger partial charge in [0.15, 0.2) is 5.69 Å². The summed E-state index contributed by atoms with van der Waals surface area (Å²) in [6, 6.07) is 10.8. The Labute approximate surface area is 168 Å². The summed E-state index contributed by atoms with van der Waals surface area (Å²) >= 11 is 0. The number of aromatic nitrogens is 2. The maximum Gasteiger partial charge on any atom is 0.272 e. The molecule has 2 aliphatic rings. The van der Waals surface area contributed by atoms with Gasteiger partial charge in [-0.05, 0) is 57.2 Å². The molecule has 0 spiro atoms. The van der Waals surface area contributed by atoms with Gasteiger partial charge in [-0.2, -0.15) is 5.10 Å². The fourth-order valence-electron chi connectivity index (χ4n) is 4.77. The number of aryl methyl sites for hydroxylation is 1. The van der Waals surface area contributed by atoms with E-state index in [0.717, 1.165) is 37.9 Å². The van der Waals surface area contributed by atoms with E-state index in [1.54, 1.807) is 0 Å². The van der Waals surface area contributed by atoms with E-state index in [1.165, 1.54) is 43.4 Å². The van der Waals surface area contributed by atoms with Crippen molar-refractivity contribution in [3.63, 3.8) is 0 Å². The molecule has 1 amide bonds. The van der Waals surface area contributed by atoms with Crippen LogP contribution in [0.4, 0.5) is 0 Å². The highest BCUT2D eigenvalue weighted by Crippen LogP contribution is 2.26. The lowest BCUT2D eigenvalue weighted by atomic mass is 9.95. The molecule has 1 aromatic heterocycles. The maximum absolute atomic E-state index is 13.0. The molecule has 1 aliphatic carbocycles. The van der Waals surface area contributed by atoms with Crippen LogP contribution in [0.5, 0.6) is 0 Å². The van der Waals surface area contributed by atoms with E-state index in [1.807, 2.05) is 11.7 Å². The number of carbonyl (C=O) groups excluding carboxylic acids is 1. The summed E-state index contributed by atoms with van der Waals surface area (Å²) in [7, 11) is 1.96. The highest BCUT2D eigenvalue weighted by molar-refractivity contribution is 5.94. The minimum Gasteiger partial charge on any atom is -0.349 e. The average Bonchev–Trinajstić information content (AvgIpc) is 2.90.